The Bertz CT molecular complexity index is 891. The second kappa shape index (κ2) is 16.4. The van der Waals surface area contributed by atoms with Gasteiger partial charge in [0, 0.05) is 51.0 Å². The molecule has 0 aromatic carbocycles. The van der Waals surface area contributed by atoms with Gasteiger partial charge in [0.2, 0.25) is 0 Å². The fourth-order valence-corrected chi connectivity index (χ4v) is 6.39. The highest BCUT2D eigenvalue weighted by molar-refractivity contribution is 6.79. The molecule has 2 fully saturated rings. The number of rotatable bonds is 13. The van der Waals surface area contributed by atoms with E-state index in [0.29, 0.717) is 32.3 Å². The molecule has 0 spiro atoms. The van der Waals surface area contributed by atoms with Gasteiger partial charge >= 0.3 is 11.9 Å². The molecule has 1 saturated carbocycles. The van der Waals surface area contributed by atoms with Crippen molar-refractivity contribution in [1.82, 2.24) is 0 Å². The molecule has 1 aliphatic carbocycles. The summed E-state index contributed by atoms with van der Waals surface area (Å²) in [5, 5.41) is 10.8. The number of hydrogen-bond acceptors (Lipinski definition) is 7. The van der Waals surface area contributed by atoms with Crippen molar-refractivity contribution in [2.45, 2.75) is 121 Å². The van der Waals surface area contributed by atoms with E-state index < -0.39 is 13.3 Å². The molecule has 220 valence electrons. The number of allylic oxidation sites excluding steroid dienone is 2. The maximum atomic E-state index is 12.0. The Morgan fingerprint density at radius 3 is 2.54 bits per heavy atom. The van der Waals surface area contributed by atoms with E-state index in [-0.39, 0.29) is 42.3 Å². The zero-order valence-corrected chi connectivity index (χ0v) is 25.9. The molecule has 6 atom stereocenters. The lowest BCUT2D eigenvalue weighted by molar-refractivity contribution is -0.193. The minimum atomic E-state index is -2.05. The van der Waals surface area contributed by atoms with Crippen molar-refractivity contribution >= 4 is 20.0 Å². The molecule has 1 saturated heterocycles. The maximum absolute atomic E-state index is 12.0. The van der Waals surface area contributed by atoms with Gasteiger partial charge in [-0.25, -0.2) is 0 Å². The zero-order chi connectivity index (χ0) is 28.9. The molecule has 2 unspecified atom stereocenters. The van der Waals surface area contributed by atoms with Crippen LogP contribution < -0.4 is 0 Å². The number of ether oxygens (including phenoxy) is 4. The number of methoxy groups -OCH3 is 1. The third-order valence-corrected chi connectivity index (χ3v) is 10.7. The van der Waals surface area contributed by atoms with Crippen molar-refractivity contribution in [3.8, 4) is 11.8 Å². The molecule has 39 heavy (non-hydrogen) atoms. The summed E-state index contributed by atoms with van der Waals surface area (Å²) in [6.07, 6.45) is 14.7. The second-order valence-corrected chi connectivity index (χ2v) is 17.1. The largest absolute Gasteiger partial charge is 0.469 e. The number of unbranched alkanes of at least 4 members (excludes halogenated alkanes) is 1. The van der Waals surface area contributed by atoms with Crippen LogP contribution in [0.2, 0.25) is 19.6 Å². The van der Waals surface area contributed by atoms with Crippen LogP contribution in [0.4, 0.5) is 0 Å². The molecule has 0 amide bonds. The lowest BCUT2D eigenvalue weighted by atomic mass is 9.89. The van der Waals surface area contributed by atoms with E-state index in [1.54, 1.807) is 0 Å². The molecule has 1 aliphatic heterocycles. The SMILES string of the molecule is CCC#CCC(O)(/C=C/[C@@H]1[C@@H](C/C=C\CCCC(=O)OC)[C@@H](OC(C)=O)C[C@H]1OC1CCCCO1)[Si](C)(C)C. The fourth-order valence-electron chi connectivity index (χ4n) is 5.17. The Kier molecular flexibility index (Phi) is 14.0. The summed E-state index contributed by atoms with van der Waals surface area (Å²) in [6.45, 7) is 10.6. The lowest BCUT2D eigenvalue weighted by Crippen LogP contribution is -2.50. The highest BCUT2D eigenvalue weighted by Gasteiger charge is 2.46. The Balaban J connectivity index is 2.31. The van der Waals surface area contributed by atoms with Crippen molar-refractivity contribution in [3.05, 3.63) is 24.3 Å². The summed E-state index contributed by atoms with van der Waals surface area (Å²) in [6, 6.07) is 0. The Morgan fingerprint density at radius 1 is 1.15 bits per heavy atom. The molecule has 0 aromatic heterocycles. The predicted octanol–water partition coefficient (Wildman–Crippen LogP) is 5.72. The molecule has 1 N–H and O–H groups in total. The van der Waals surface area contributed by atoms with Crippen molar-refractivity contribution in [2.24, 2.45) is 11.8 Å². The van der Waals surface area contributed by atoms with Gasteiger partial charge in [-0.15, -0.1) is 11.8 Å². The summed E-state index contributed by atoms with van der Waals surface area (Å²) in [4.78, 5) is 23.4. The van der Waals surface area contributed by atoms with Gasteiger partial charge in [0.25, 0.3) is 0 Å². The molecule has 8 heteroatoms. The van der Waals surface area contributed by atoms with Gasteiger partial charge in [0.1, 0.15) is 6.10 Å². The molecule has 0 bridgehead atoms. The molecular weight excluding hydrogens is 512 g/mol. The van der Waals surface area contributed by atoms with Crippen LogP contribution in [0.25, 0.3) is 0 Å². The van der Waals surface area contributed by atoms with Crippen LogP contribution in [0, 0.1) is 23.7 Å². The molecule has 2 aliphatic rings. The summed E-state index contributed by atoms with van der Waals surface area (Å²) >= 11 is 0. The normalized spacial score (nSPS) is 27.2. The topological polar surface area (TPSA) is 91.3 Å². The average molecular weight is 563 g/mol. The highest BCUT2D eigenvalue weighted by Crippen LogP contribution is 2.42. The van der Waals surface area contributed by atoms with E-state index >= 15 is 0 Å². The van der Waals surface area contributed by atoms with Crippen LogP contribution in [0.3, 0.4) is 0 Å². The Morgan fingerprint density at radius 2 is 1.92 bits per heavy atom. The first-order chi connectivity index (χ1) is 18.5. The van der Waals surface area contributed by atoms with Crippen LogP contribution >= 0.6 is 0 Å². The minimum Gasteiger partial charge on any atom is -0.469 e. The van der Waals surface area contributed by atoms with Crippen molar-refractivity contribution in [2.75, 3.05) is 13.7 Å². The minimum absolute atomic E-state index is 0.0109. The van der Waals surface area contributed by atoms with Crippen molar-refractivity contribution in [1.29, 1.82) is 0 Å². The molecule has 7 nitrogen and oxygen atoms in total. The summed E-state index contributed by atoms with van der Waals surface area (Å²) in [7, 11) is -0.651. The van der Waals surface area contributed by atoms with Gasteiger partial charge in [-0.1, -0.05) is 50.9 Å². The number of aliphatic hydroxyl groups is 1. The standard InChI is InChI=1S/C31H50O7Si/c1-7-8-14-20-31(34,39(4,5)6)21-19-26-25(16-11-9-10-12-17-29(33)35-3)27(37-24(2)32)23-28(26)38-30-18-13-15-22-36-30/h9,11,19,21,25-28,30,34H,7,10,12-13,15-18,20,22-23H2,1-6H3/b11-9-,21-19+/t25-,26-,27+,28-,30?,31?/m1/s1. The van der Waals surface area contributed by atoms with E-state index in [1.807, 2.05) is 13.0 Å². The molecule has 1 heterocycles. The van der Waals surface area contributed by atoms with Crippen LogP contribution in [-0.2, 0) is 28.5 Å². The number of esters is 2. The average Bonchev–Trinajstić information content (AvgIpc) is 3.19. The predicted molar refractivity (Wildman–Crippen MR) is 155 cm³/mol. The lowest BCUT2D eigenvalue weighted by Gasteiger charge is -2.36. The summed E-state index contributed by atoms with van der Waals surface area (Å²) in [5.41, 5.74) is 0. The van der Waals surface area contributed by atoms with E-state index in [1.165, 1.54) is 14.0 Å². The third-order valence-electron chi connectivity index (χ3n) is 7.75. The first kappa shape index (κ1) is 33.3. The molecular formula is C31H50O7Si. The Hall–Kier alpha value is -1.92. The zero-order valence-electron chi connectivity index (χ0n) is 24.9. The van der Waals surface area contributed by atoms with Gasteiger partial charge in [-0.3, -0.25) is 9.59 Å². The van der Waals surface area contributed by atoms with Gasteiger partial charge in [0.05, 0.1) is 26.5 Å². The van der Waals surface area contributed by atoms with Crippen LogP contribution in [-0.4, -0.2) is 62.6 Å². The van der Waals surface area contributed by atoms with E-state index in [0.717, 1.165) is 38.5 Å². The fraction of sp³-hybridized carbons (Fsp3) is 0.742. The third kappa shape index (κ3) is 10.9. The van der Waals surface area contributed by atoms with Crippen molar-refractivity contribution < 1.29 is 33.6 Å². The molecule has 2 rings (SSSR count). The first-order valence-electron chi connectivity index (χ1n) is 14.5. The molecule has 0 radical (unpaired) electrons. The first-order valence-corrected chi connectivity index (χ1v) is 18.0. The Labute approximate surface area is 236 Å². The summed E-state index contributed by atoms with van der Waals surface area (Å²) < 4.78 is 22.9. The van der Waals surface area contributed by atoms with Crippen LogP contribution in [0.5, 0.6) is 0 Å². The summed E-state index contributed by atoms with van der Waals surface area (Å²) in [5.74, 6) is 5.67. The van der Waals surface area contributed by atoms with Gasteiger partial charge in [-0.05, 0) is 38.5 Å². The number of carbonyl (C=O) groups is 2. The monoisotopic (exact) mass is 562 g/mol. The molecule has 0 aromatic rings. The van der Waals surface area contributed by atoms with Crippen LogP contribution in [0.15, 0.2) is 24.3 Å². The van der Waals surface area contributed by atoms with E-state index in [9.17, 15) is 14.7 Å². The highest BCUT2D eigenvalue weighted by atomic mass is 28.3. The van der Waals surface area contributed by atoms with Gasteiger partial charge in [-0.2, -0.15) is 0 Å². The number of hydrogen-bond donors (Lipinski definition) is 1. The van der Waals surface area contributed by atoms with Crippen LogP contribution in [0.1, 0.15) is 78.1 Å². The second-order valence-electron chi connectivity index (χ2n) is 11.7. The van der Waals surface area contributed by atoms with Crippen molar-refractivity contribution in [3.63, 3.8) is 0 Å². The maximum Gasteiger partial charge on any atom is 0.305 e. The number of carbonyl (C=O) groups excluding carboxylic acids is 2. The van der Waals surface area contributed by atoms with E-state index in [4.69, 9.17) is 18.9 Å². The smallest absolute Gasteiger partial charge is 0.305 e. The van der Waals surface area contributed by atoms with E-state index in [2.05, 4.69) is 49.7 Å². The van der Waals surface area contributed by atoms with Gasteiger partial charge < -0.3 is 24.1 Å². The van der Waals surface area contributed by atoms with Gasteiger partial charge in [0.15, 0.2) is 6.29 Å². The quantitative estimate of drug-likeness (QED) is 0.101.